The number of ether oxygens (including phenoxy) is 1. The van der Waals surface area contributed by atoms with Gasteiger partial charge in [-0.1, -0.05) is 51.8 Å². The molecule has 0 saturated heterocycles. The van der Waals surface area contributed by atoms with Crippen LogP contribution in [0.3, 0.4) is 0 Å². The maximum atomic E-state index is 14.1. The van der Waals surface area contributed by atoms with Gasteiger partial charge in [-0.25, -0.2) is 4.79 Å². The fourth-order valence-corrected chi connectivity index (χ4v) is 3.71. The monoisotopic (exact) mass is 491 g/mol. The van der Waals surface area contributed by atoms with Gasteiger partial charge in [0.1, 0.15) is 23.4 Å². The van der Waals surface area contributed by atoms with Gasteiger partial charge in [0.25, 0.3) is 0 Å². The van der Waals surface area contributed by atoms with Crippen molar-refractivity contribution < 1.29 is 24.2 Å². The number of carbonyl (C=O) groups excluding carboxylic acids is 3. The fraction of sp³-hybridized carbons (Fsp3) is 0.667. The van der Waals surface area contributed by atoms with E-state index in [1.807, 2.05) is 41.5 Å². The van der Waals surface area contributed by atoms with Gasteiger partial charge in [0.05, 0.1) is 0 Å². The summed E-state index contributed by atoms with van der Waals surface area (Å²) in [5.41, 5.74) is -1.22. The molecule has 0 spiro atoms. The quantitative estimate of drug-likeness (QED) is 0.403. The number of aromatic hydroxyl groups is 1. The van der Waals surface area contributed by atoms with E-state index < -0.39 is 35.2 Å². The number of phenols is 1. The molecule has 1 rings (SSSR count). The van der Waals surface area contributed by atoms with Crippen LogP contribution in [0.15, 0.2) is 24.3 Å². The van der Waals surface area contributed by atoms with Gasteiger partial charge in [0.15, 0.2) is 0 Å². The molecule has 1 aromatic rings. The van der Waals surface area contributed by atoms with Gasteiger partial charge >= 0.3 is 6.09 Å². The summed E-state index contributed by atoms with van der Waals surface area (Å²) in [4.78, 5) is 41.8. The lowest BCUT2D eigenvalue weighted by Gasteiger charge is -2.44. The minimum Gasteiger partial charge on any atom is -0.508 e. The van der Waals surface area contributed by atoms with Crippen LogP contribution in [0.4, 0.5) is 4.79 Å². The summed E-state index contributed by atoms with van der Waals surface area (Å²) in [7, 11) is 0. The number of hydrogen-bond acceptors (Lipinski definition) is 5. The number of nitrogens with one attached hydrogen (secondary N) is 2. The Hall–Kier alpha value is -2.77. The first-order chi connectivity index (χ1) is 16.1. The van der Waals surface area contributed by atoms with Crippen molar-refractivity contribution in [3.63, 3.8) is 0 Å². The Labute approximate surface area is 210 Å². The van der Waals surface area contributed by atoms with Crippen molar-refractivity contribution in [1.29, 1.82) is 0 Å². The maximum Gasteiger partial charge on any atom is 0.408 e. The molecule has 3 N–H and O–H groups in total. The van der Waals surface area contributed by atoms with E-state index in [1.165, 1.54) is 11.0 Å². The zero-order valence-electron chi connectivity index (χ0n) is 22.9. The Balaban J connectivity index is 3.56. The molecule has 35 heavy (non-hydrogen) atoms. The van der Waals surface area contributed by atoms with Crippen LogP contribution in [-0.2, 0) is 14.3 Å². The molecule has 0 aromatic heterocycles. The third-order valence-electron chi connectivity index (χ3n) is 5.68. The number of alkyl carbamates (subject to hydrolysis) is 1. The van der Waals surface area contributed by atoms with E-state index in [2.05, 4.69) is 10.6 Å². The van der Waals surface area contributed by atoms with Crippen molar-refractivity contribution >= 4 is 17.9 Å². The van der Waals surface area contributed by atoms with Crippen molar-refractivity contribution in [2.45, 2.75) is 105 Å². The van der Waals surface area contributed by atoms with Gasteiger partial charge in [-0.05, 0) is 59.9 Å². The van der Waals surface area contributed by atoms with Gasteiger partial charge in [0, 0.05) is 17.6 Å². The van der Waals surface area contributed by atoms with E-state index in [-0.39, 0.29) is 17.6 Å². The van der Waals surface area contributed by atoms with Crippen molar-refractivity contribution in [2.24, 2.45) is 5.92 Å². The summed E-state index contributed by atoms with van der Waals surface area (Å²) in [5, 5.41) is 16.3. The van der Waals surface area contributed by atoms with E-state index in [1.54, 1.807) is 39.0 Å². The molecule has 0 saturated carbocycles. The molecule has 3 unspecified atom stereocenters. The Morgan fingerprint density at radius 2 is 1.66 bits per heavy atom. The number of hydrogen-bond donors (Lipinski definition) is 3. The van der Waals surface area contributed by atoms with Crippen LogP contribution in [0.2, 0.25) is 0 Å². The van der Waals surface area contributed by atoms with Gasteiger partial charge in [-0.15, -0.1) is 0 Å². The van der Waals surface area contributed by atoms with E-state index in [9.17, 15) is 19.5 Å². The Morgan fingerprint density at radius 3 is 2.14 bits per heavy atom. The molecule has 0 radical (unpaired) electrons. The maximum absolute atomic E-state index is 14.1. The summed E-state index contributed by atoms with van der Waals surface area (Å²) >= 11 is 0. The number of amides is 3. The largest absolute Gasteiger partial charge is 0.508 e. The molecule has 0 aliphatic heterocycles. The number of phenolic OH excluding ortho intramolecular Hbond substituents is 1. The third kappa shape index (κ3) is 9.07. The number of carbonyl (C=O) groups is 3. The highest BCUT2D eigenvalue weighted by Gasteiger charge is 2.43. The SMILES string of the molecule is CCCCNC(=O)C(c1ccccc1O)N(C(=O)C(NC(=O)OC(C)(C)C)C(C)CC)C(C)(C)C. The minimum absolute atomic E-state index is 0.0783. The molecule has 0 bridgehead atoms. The molecule has 0 heterocycles. The second kappa shape index (κ2) is 12.8. The van der Waals surface area contributed by atoms with Crippen LogP contribution >= 0.6 is 0 Å². The predicted molar refractivity (Wildman–Crippen MR) is 138 cm³/mol. The second-order valence-electron chi connectivity index (χ2n) is 11.0. The van der Waals surface area contributed by atoms with Crippen LogP contribution in [0.1, 0.15) is 93.2 Å². The molecular formula is C27H45N3O5. The standard InChI is InChI=1S/C27H45N3O5/c1-10-12-17-28-23(32)22(19-15-13-14-16-20(19)31)30(26(4,5)6)24(33)21(18(3)11-2)29-25(34)35-27(7,8)9/h13-16,18,21-22,31H,10-12,17H2,1-9H3,(H,28,32)(H,29,34). The highest BCUT2D eigenvalue weighted by atomic mass is 16.6. The number of unbranched alkanes of at least 4 members (excludes halogenated alkanes) is 1. The fourth-order valence-electron chi connectivity index (χ4n) is 3.71. The smallest absolute Gasteiger partial charge is 0.408 e. The summed E-state index contributed by atoms with van der Waals surface area (Å²) in [6.07, 6.45) is 1.61. The first-order valence-electron chi connectivity index (χ1n) is 12.5. The van der Waals surface area contributed by atoms with Crippen LogP contribution in [0, 0.1) is 5.92 Å². The van der Waals surface area contributed by atoms with E-state index in [0.717, 1.165) is 12.8 Å². The van der Waals surface area contributed by atoms with Crippen LogP contribution in [0.25, 0.3) is 0 Å². The van der Waals surface area contributed by atoms with Crippen LogP contribution in [0.5, 0.6) is 5.75 Å². The first kappa shape index (κ1) is 30.3. The van der Waals surface area contributed by atoms with Gasteiger partial charge < -0.3 is 25.4 Å². The van der Waals surface area contributed by atoms with Gasteiger partial charge in [0.2, 0.25) is 11.8 Å². The molecule has 1 aromatic carbocycles. The van der Waals surface area contributed by atoms with E-state index in [0.29, 0.717) is 18.5 Å². The summed E-state index contributed by atoms with van der Waals surface area (Å²) in [6.45, 7) is 17.0. The highest BCUT2D eigenvalue weighted by molar-refractivity contribution is 5.93. The molecular weight excluding hydrogens is 446 g/mol. The van der Waals surface area contributed by atoms with Crippen molar-refractivity contribution in [1.82, 2.24) is 15.5 Å². The van der Waals surface area contributed by atoms with Crippen molar-refractivity contribution in [3.8, 4) is 5.75 Å². The average molecular weight is 492 g/mol. The van der Waals surface area contributed by atoms with Gasteiger partial charge in [-0.3, -0.25) is 9.59 Å². The summed E-state index contributed by atoms with van der Waals surface area (Å²) < 4.78 is 5.42. The number of nitrogens with zero attached hydrogens (tertiary/aromatic N) is 1. The average Bonchev–Trinajstić information content (AvgIpc) is 2.73. The van der Waals surface area contributed by atoms with Crippen molar-refractivity contribution in [3.05, 3.63) is 29.8 Å². The zero-order valence-corrected chi connectivity index (χ0v) is 22.9. The predicted octanol–water partition coefficient (Wildman–Crippen LogP) is 4.92. The molecule has 0 aliphatic carbocycles. The molecule has 8 heteroatoms. The Morgan fingerprint density at radius 1 is 1.06 bits per heavy atom. The highest BCUT2D eigenvalue weighted by Crippen LogP contribution is 2.35. The zero-order chi connectivity index (χ0) is 27.0. The summed E-state index contributed by atoms with van der Waals surface area (Å²) in [5.74, 6) is -1.11. The lowest BCUT2D eigenvalue weighted by atomic mass is 9.91. The van der Waals surface area contributed by atoms with Crippen molar-refractivity contribution in [2.75, 3.05) is 6.54 Å². The molecule has 0 fully saturated rings. The third-order valence-corrected chi connectivity index (χ3v) is 5.68. The normalized spacial score (nSPS) is 14.4. The van der Waals surface area contributed by atoms with Gasteiger partial charge in [-0.2, -0.15) is 0 Å². The Kier molecular flexibility index (Phi) is 11.1. The molecule has 198 valence electrons. The number of para-hydroxylation sites is 1. The second-order valence-corrected chi connectivity index (χ2v) is 11.0. The molecule has 0 aliphatic rings. The number of benzene rings is 1. The number of rotatable bonds is 10. The Bertz CT molecular complexity index is 857. The topological polar surface area (TPSA) is 108 Å². The van der Waals surface area contributed by atoms with E-state index in [4.69, 9.17) is 4.74 Å². The molecule has 8 nitrogen and oxygen atoms in total. The van der Waals surface area contributed by atoms with Crippen LogP contribution < -0.4 is 10.6 Å². The summed E-state index contributed by atoms with van der Waals surface area (Å²) in [6, 6.07) is 4.51. The minimum atomic E-state index is -1.09. The molecule has 3 atom stereocenters. The van der Waals surface area contributed by atoms with Crippen LogP contribution in [-0.4, -0.2) is 51.6 Å². The first-order valence-corrected chi connectivity index (χ1v) is 12.5. The lowest BCUT2D eigenvalue weighted by molar-refractivity contribution is -0.149. The lowest BCUT2D eigenvalue weighted by Crippen LogP contribution is -2.60. The van der Waals surface area contributed by atoms with E-state index >= 15 is 0 Å². The molecule has 3 amide bonds.